The second-order valence-electron chi connectivity index (χ2n) is 2.78. The van der Waals surface area contributed by atoms with Crippen molar-refractivity contribution in [3.05, 3.63) is 35.9 Å². The molecule has 1 aromatic carbocycles. The molecule has 0 spiro atoms. The van der Waals surface area contributed by atoms with Crippen molar-refractivity contribution < 1.29 is 19.0 Å². The van der Waals surface area contributed by atoms with Crippen molar-refractivity contribution in [1.82, 2.24) is 0 Å². The largest absolute Gasteiger partial charge is 0.467 e. The van der Waals surface area contributed by atoms with E-state index in [1.54, 1.807) is 18.2 Å². The van der Waals surface area contributed by atoms with Crippen LogP contribution in [0.3, 0.4) is 0 Å². The van der Waals surface area contributed by atoms with Crippen LogP contribution in [0, 0.1) is 0 Å². The molecule has 0 aromatic heterocycles. The summed E-state index contributed by atoms with van der Waals surface area (Å²) in [6, 6.07) is 7.98. The zero-order valence-corrected chi connectivity index (χ0v) is 7.68. The van der Waals surface area contributed by atoms with Gasteiger partial charge in [-0.1, -0.05) is 30.3 Å². The van der Waals surface area contributed by atoms with Gasteiger partial charge >= 0.3 is 5.97 Å². The molecular weight excluding hydrogens is 187 g/mol. The molecule has 0 saturated carbocycles. The van der Waals surface area contributed by atoms with Gasteiger partial charge in [0.15, 0.2) is 12.3 Å². The molecule has 1 rings (SSSR count). The predicted molar refractivity (Wildman–Crippen MR) is 48.3 cm³/mol. The lowest BCUT2D eigenvalue weighted by Crippen LogP contribution is -2.26. The fraction of sp³-hybridized carbons (Fsp3) is 0.300. The van der Waals surface area contributed by atoms with Crippen LogP contribution in [0.1, 0.15) is 11.7 Å². The molecule has 3 nitrogen and oxygen atoms in total. The summed E-state index contributed by atoms with van der Waals surface area (Å²) in [6.07, 6.45) is -3.51. The topological polar surface area (TPSA) is 46.5 Å². The molecular formula is C10H11FO3. The average molecular weight is 198 g/mol. The third-order valence-corrected chi connectivity index (χ3v) is 1.84. The van der Waals surface area contributed by atoms with Crippen molar-refractivity contribution in [2.24, 2.45) is 0 Å². The molecule has 0 aliphatic rings. The number of carbonyl (C=O) groups excluding carboxylic acids is 1. The number of esters is 1. The average Bonchev–Trinajstić information content (AvgIpc) is 2.27. The number of carbonyl (C=O) groups is 1. The van der Waals surface area contributed by atoms with Gasteiger partial charge in [-0.25, -0.2) is 9.18 Å². The van der Waals surface area contributed by atoms with Crippen molar-refractivity contribution >= 4 is 5.97 Å². The normalized spacial score (nSPS) is 14.5. The van der Waals surface area contributed by atoms with E-state index in [4.69, 9.17) is 0 Å². The number of hydrogen-bond donors (Lipinski definition) is 1. The number of methoxy groups -OCH3 is 1. The number of benzene rings is 1. The fourth-order valence-electron chi connectivity index (χ4n) is 1.06. The predicted octanol–water partition coefficient (Wildman–Crippen LogP) is 1.23. The molecule has 0 radical (unpaired) electrons. The van der Waals surface area contributed by atoms with Gasteiger partial charge in [0, 0.05) is 0 Å². The van der Waals surface area contributed by atoms with E-state index in [1.165, 1.54) is 12.1 Å². The monoisotopic (exact) mass is 198 g/mol. The van der Waals surface area contributed by atoms with Gasteiger partial charge in [0.05, 0.1) is 7.11 Å². The molecule has 0 saturated heterocycles. The maximum atomic E-state index is 13.4. The lowest BCUT2D eigenvalue weighted by atomic mass is 10.1. The summed E-state index contributed by atoms with van der Waals surface area (Å²) in [4.78, 5) is 10.8. The van der Waals surface area contributed by atoms with Crippen LogP contribution in [0.15, 0.2) is 30.3 Å². The number of aliphatic hydroxyl groups excluding tert-OH is 1. The van der Waals surface area contributed by atoms with Crippen LogP contribution >= 0.6 is 0 Å². The van der Waals surface area contributed by atoms with Crippen molar-refractivity contribution in [3.8, 4) is 0 Å². The maximum absolute atomic E-state index is 13.4. The first-order chi connectivity index (χ1) is 6.66. The SMILES string of the molecule is COC(=O)[C@H](O)[C@H](F)c1ccccc1. The molecule has 1 aromatic rings. The van der Waals surface area contributed by atoms with Crippen molar-refractivity contribution in [2.75, 3.05) is 7.11 Å². The highest BCUT2D eigenvalue weighted by molar-refractivity contribution is 5.75. The Bertz CT molecular complexity index is 299. The molecule has 0 unspecified atom stereocenters. The summed E-state index contributed by atoms with van der Waals surface area (Å²) >= 11 is 0. The minimum atomic E-state index is -1.76. The molecule has 2 atom stereocenters. The highest BCUT2D eigenvalue weighted by atomic mass is 19.1. The first-order valence-corrected chi connectivity index (χ1v) is 4.11. The van der Waals surface area contributed by atoms with Gasteiger partial charge in [-0.05, 0) is 5.56 Å². The highest BCUT2D eigenvalue weighted by Crippen LogP contribution is 2.21. The van der Waals surface area contributed by atoms with Crippen molar-refractivity contribution in [3.63, 3.8) is 0 Å². The Morgan fingerprint density at radius 2 is 2.00 bits per heavy atom. The van der Waals surface area contributed by atoms with E-state index in [9.17, 15) is 14.3 Å². The second kappa shape index (κ2) is 4.72. The van der Waals surface area contributed by atoms with Gasteiger partial charge in [-0.15, -0.1) is 0 Å². The quantitative estimate of drug-likeness (QED) is 0.743. The third-order valence-electron chi connectivity index (χ3n) is 1.84. The van der Waals surface area contributed by atoms with Crippen molar-refractivity contribution in [2.45, 2.75) is 12.3 Å². The number of rotatable bonds is 3. The molecule has 0 bridgehead atoms. The van der Waals surface area contributed by atoms with Gasteiger partial charge in [-0.3, -0.25) is 0 Å². The number of alkyl halides is 1. The zero-order chi connectivity index (χ0) is 10.6. The standard InChI is InChI=1S/C10H11FO3/c1-14-10(13)9(12)8(11)7-5-3-2-4-6-7/h2-6,8-9,12H,1H3/t8-,9-/m1/s1. The maximum Gasteiger partial charge on any atom is 0.338 e. The van der Waals surface area contributed by atoms with Crippen LogP contribution in [0.4, 0.5) is 4.39 Å². The van der Waals surface area contributed by atoms with Crippen LogP contribution in [0.5, 0.6) is 0 Å². The molecule has 0 fully saturated rings. The van der Waals surface area contributed by atoms with E-state index < -0.39 is 18.2 Å². The van der Waals surface area contributed by atoms with Gasteiger partial charge in [0.25, 0.3) is 0 Å². The summed E-state index contributed by atoms with van der Waals surface area (Å²) in [5.41, 5.74) is 0.255. The molecule has 14 heavy (non-hydrogen) atoms. The van der Waals surface area contributed by atoms with Crippen LogP contribution in [0.25, 0.3) is 0 Å². The van der Waals surface area contributed by atoms with Gasteiger partial charge in [0.2, 0.25) is 0 Å². The minimum absolute atomic E-state index is 0.255. The fourth-order valence-corrected chi connectivity index (χ4v) is 1.06. The Morgan fingerprint density at radius 1 is 1.43 bits per heavy atom. The Hall–Kier alpha value is -1.42. The molecule has 76 valence electrons. The van der Waals surface area contributed by atoms with E-state index in [2.05, 4.69) is 4.74 Å². The number of ether oxygens (including phenoxy) is 1. The first-order valence-electron chi connectivity index (χ1n) is 4.11. The summed E-state index contributed by atoms with van der Waals surface area (Å²) in [7, 11) is 1.10. The van der Waals surface area contributed by atoms with Gasteiger partial charge in [-0.2, -0.15) is 0 Å². The molecule has 0 aliphatic heterocycles. The van der Waals surface area contributed by atoms with E-state index in [0.29, 0.717) is 0 Å². The van der Waals surface area contributed by atoms with Crippen LogP contribution in [-0.4, -0.2) is 24.3 Å². The van der Waals surface area contributed by atoms with E-state index >= 15 is 0 Å². The molecule has 0 amide bonds. The lowest BCUT2D eigenvalue weighted by Gasteiger charge is -2.13. The van der Waals surface area contributed by atoms with Crippen LogP contribution in [-0.2, 0) is 9.53 Å². The number of halogens is 1. The second-order valence-corrected chi connectivity index (χ2v) is 2.78. The highest BCUT2D eigenvalue weighted by Gasteiger charge is 2.27. The lowest BCUT2D eigenvalue weighted by molar-refractivity contribution is -0.154. The third kappa shape index (κ3) is 2.29. The van der Waals surface area contributed by atoms with Crippen LogP contribution in [0.2, 0.25) is 0 Å². The Kier molecular flexibility index (Phi) is 3.59. The minimum Gasteiger partial charge on any atom is -0.467 e. The Balaban J connectivity index is 2.75. The van der Waals surface area contributed by atoms with E-state index in [0.717, 1.165) is 7.11 Å². The molecule has 4 heteroatoms. The summed E-state index contributed by atoms with van der Waals surface area (Å²) in [5.74, 6) is -0.971. The number of aliphatic hydroxyl groups is 1. The van der Waals surface area contributed by atoms with Gasteiger partial charge < -0.3 is 9.84 Å². The molecule has 0 aliphatic carbocycles. The summed E-state index contributed by atoms with van der Waals surface area (Å²) in [6.45, 7) is 0. The molecule has 0 heterocycles. The van der Waals surface area contributed by atoms with E-state index in [-0.39, 0.29) is 5.56 Å². The smallest absolute Gasteiger partial charge is 0.338 e. The Labute approximate surface area is 81.1 Å². The summed E-state index contributed by atoms with van der Waals surface area (Å²) < 4.78 is 17.6. The first kappa shape index (κ1) is 10.7. The van der Waals surface area contributed by atoms with Crippen molar-refractivity contribution in [1.29, 1.82) is 0 Å². The molecule has 1 N–H and O–H groups in total. The van der Waals surface area contributed by atoms with E-state index in [1.807, 2.05) is 0 Å². The zero-order valence-electron chi connectivity index (χ0n) is 7.68. The summed E-state index contributed by atoms with van der Waals surface area (Å²) in [5, 5.41) is 9.19. The van der Waals surface area contributed by atoms with Crippen LogP contribution < -0.4 is 0 Å². The van der Waals surface area contributed by atoms with Gasteiger partial charge in [0.1, 0.15) is 0 Å². The number of hydrogen-bond acceptors (Lipinski definition) is 3. The Morgan fingerprint density at radius 3 is 2.50 bits per heavy atom.